The van der Waals surface area contributed by atoms with Crippen molar-refractivity contribution < 1.29 is 9.53 Å². The van der Waals surface area contributed by atoms with Crippen LogP contribution < -0.4 is 9.64 Å². The van der Waals surface area contributed by atoms with Crippen molar-refractivity contribution in [3.8, 4) is 5.75 Å². The van der Waals surface area contributed by atoms with Gasteiger partial charge in [0.2, 0.25) is 0 Å². The van der Waals surface area contributed by atoms with Gasteiger partial charge in [0, 0.05) is 29.2 Å². The maximum atomic E-state index is 12.9. The number of amidine groups is 1. The lowest BCUT2D eigenvalue weighted by Gasteiger charge is -2.26. The van der Waals surface area contributed by atoms with Crippen LogP contribution in [0, 0.1) is 0 Å². The molecule has 0 amide bonds. The molecule has 0 radical (unpaired) electrons. The van der Waals surface area contributed by atoms with Crippen LogP contribution in [0.5, 0.6) is 5.75 Å². The van der Waals surface area contributed by atoms with E-state index in [1.54, 1.807) is 24.3 Å². The van der Waals surface area contributed by atoms with E-state index in [9.17, 15) is 4.79 Å². The minimum absolute atomic E-state index is 0.0486. The maximum absolute atomic E-state index is 12.9. The fourth-order valence-corrected chi connectivity index (χ4v) is 3.30. The lowest BCUT2D eigenvalue weighted by Crippen LogP contribution is -2.36. The van der Waals surface area contributed by atoms with Gasteiger partial charge in [0.05, 0.1) is 13.2 Å². The number of nitrogens with zero attached hydrogens (tertiary/aromatic N) is 2. The third kappa shape index (κ3) is 5.33. The SMILES string of the molecule is CCOc1ccc(N(CC(=O)c2ccc(Cl)cc2)C2=NCCCCC2)cc1. The first kappa shape index (κ1) is 19.4. The average Bonchev–Trinajstić information content (AvgIpc) is 2.97. The van der Waals surface area contributed by atoms with Crippen molar-refractivity contribution in [3.63, 3.8) is 0 Å². The molecule has 0 atom stereocenters. The number of halogens is 1. The molecule has 0 spiro atoms. The van der Waals surface area contributed by atoms with Crippen molar-refractivity contribution in [2.24, 2.45) is 4.99 Å². The number of Topliss-reactive ketones (excluding diaryl/α,β-unsaturated/α-hetero) is 1. The highest BCUT2D eigenvalue weighted by atomic mass is 35.5. The monoisotopic (exact) mass is 384 g/mol. The van der Waals surface area contributed by atoms with Crippen LogP contribution in [0.4, 0.5) is 5.69 Å². The molecule has 0 saturated heterocycles. The lowest BCUT2D eigenvalue weighted by molar-refractivity contribution is 0.100. The molecular weight excluding hydrogens is 360 g/mol. The predicted octanol–water partition coefficient (Wildman–Crippen LogP) is 5.40. The summed E-state index contributed by atoms with van der Waals surface area (Å²) < 4.78 is 5.54. The molecule has 0 fully saturated rings. The molecule has 4 nitrogen and oxygen atoms in total. The van der Waals surface area contributed by atoms with E-state index in [-0.39, 0.29) is 12.3 Å². The third-order valence-electron chi connectivity index (χ3n) is 4.59. The van der Waals surface area contributed by atoms with E-state index in [1.165, 1.54) is 6.42 Å². The topological polar surface area (TPSA) is 41.9 Å². The van der Waals surface area contributed by atoms with Crippen molar-refractivity contribution in [3.05, 3.63) is 59.1 Å². The van der Waals surface area contributed by atoms with Gasteiger partial charge in [-0.2, -0.15) is 0 Å². The van der Waals surface area contributed by atoms with Gasteiger partial charge in [-0.05, 0) is 68.3 Å². The molecule has 27 heavy (non-hydrogen) atoms. The minimum atomic E-state index is 0.0486. The van der Waals surface area contributed by atoms with Crippen molar-refractivity contribution in [1.82, 2.24) is 0 Å². The molecule has 0 bridgehead atoms. The summed E-state index contributed by atoms with van der Waals surface area (Å²) in [5, 5.41) is 0.628. The Kier molecular flexibility index (Phi) is 6.88. The Morgan fingerprint density at radius 3 is 2.52 bits per heavy atom. The van der Waals surface area contributed by atoms with Crippen molar-refractivity contribution in [2.45, 2.75) is 32.6 Å². The van der Waals surface area contributed by atoms with Gasteiger partial charge in [-0.1, -0.05) is 18.0 Å². The summed E-state index contributed by atoms with van der Waals surface area (Å²) in [7, 11) is 0. The standard InChI is InChI=1S/C22H25ClN2O2/c1-2-27-20-13-11-19(12-14-20)25(22-6-4-3-5-15-24-22)16-21(26)17-7-9-18(23)10-8-17/h7-14H,2-6,15-16H2,1H3. The van der Waals surface area contributed by atoms with Gasteiger partial charge in [-0.3, -0.25) is 9.79 Å². The van der Waals surface area contributed by atoms with Gasteiger partial charge in [0.1, 0.15) is 11.6 Å². The number of anilines is 1. The Balaban J connectivity index is 1.85. The molecule has 1 heterocycles. The molecule has 1 aliphatic rings. The second kappa shape index (κ2) is 9.56. The average molecular weight is 385 g/mol. The van der Waals surface area contributed by atoms with E-state index in [0.29, 0.717) is 17.2 Å². The highest BCUT2D eigenvalue weighted by Gasteiger charge is 2.19. The van der Waals surface area contributed by atoms with Crippen LogP contribution in [0.1, 0.15) is 43.0 Å². The molecule has 0 N–H and O–H groups in total. The Morgan fingerprint density at radius 2 is 1.81 bits per heavy atom. The highest BCUT2D eigenvalue weighted by Crippen LogP contribution is 2.23. The number of ketones is 1. The van der Waals surface area contributed by atoms with Gasteiger partial charge in [0.25, 0.3) is 0 Å². The fraction of sp³-hybridized carbons (Fsp3) is 0.364. The van der Waals surface area contributed by atoms with Gasteiger partial charge in [-0.25, -0.2) is 0 Å². The summed E-state index contributed by atoms with van der Waals surface area (Å²) in [6.07, 6.45) is 4.27. The first-order valence-corrected chi connectivity index (χ1v) is 9.87. The van der Waals surface area contributed by atoms with E-state index in [1.807, 2.05) is 36.1 Å². The van der Waals surface area contributed by atoms with Gasteiger partial charge >= 0.3 is 0 Å². The number of hydrogen-bond donors (Lipinski definition) is 0. The Morgan fingerprint density at radius 1 is 1.07 bits per heavy atom. The number of carbonyl (C=O) groups excluding carboxylic acids is 1. The van der Waals surface area contributed by atoms with Crippen LogP contribution in [0.15, 0.2) is 53.5 Å². The van der Waals surface area contributed by atoms with E-state index in [2.05, 4.69) is 0 Å². The van der Waals surface area contributed by atoms with E-state index in [0.717, 1.165) is 43.1 Å². The number of hydrogen-bond acceptors (Lipinski definition) is 4. The molecule has 2 aromatic carbocycles. The number of rotatable bonds is 6. The molecule has 0 unspecified atom stereocenters. The number of ether oxygens (including phenoxy) is 1. The summed E-state index contributed by atoms with van der Waals surface area (Å²) in [5.74, 6) is 1.86. The highest BCUT2D eigenvalue weighted by molar-refractivity contribution is 6.30. The number of aliphatic imine (C=N–C) groups is 1. The largest absolute Gasteiger partial charge is 0.494 e. The number of benzene rings is 2. The summed E-state index contributed by atoms with van der Waals surface area (Å²) >= 11 is 5.95. The van der Waals surface area contributed by atoms with Gasteiger partial charge < -0.3 is 9.64 Å². The predicted molar refractivity (Wildman–Crippen MR) is 112 cm³/mol. The third-order valence-corrected chi connectivity index (χ3v) is 4.84. The second-order valence-electron chi connectivity index (χ2n) is 6.55. The molecule has 2 aromatic rings. The van der Waals surface area contributed by atoms with Crippen LogP contribution in [0.2, 0.25) is 5.02 Å². The molecule has 3 rings (SSSR count). The van der Waals surface area contributed by atoms with E-state index >= 15 is 0 Å². The zero-order valence-electron chi connectivity index (χ0n) is 15.7. The van der Waals surface area contributed by atoms with Crippen LogP contribution in [-0.2, 0) is 0 Å². The zero-order valence-corrected chi connectivity index (χ0v) is 16.4. The first-order valence-electron chi connectivity index (χ1n) is 9.50. The molecule has 0 aliphatic carbocycles. The Labute approximate surface area is 165 Å². The van der Waals surface area contributed by atoms with Crippen molar-refractivity contribution in [1.29, 1.82) is 0 Å². The van der Waals surface area contributed by atoms with Crippen LogP contribution in [-0.4, -0.2) is 31.3 Å². The fourth-order valence-electron chi connectivity index (χ4n) is 3.17. The normalized spacial score (nSPS) is 14.2. The Bertz CT molecular complexity index is 785. The van der Waals surface area contributed by atoms with E-state index in [4.69, 9.17) is 21.3 Å². The summed E-state index contributed by atoms with van der Waals surface area (Å²) in [4.78, 5) is 19.7. The minimum Gasteiger partial charge on any atom is -0.494 e. The van der Waals surface area contributed by atoms with Crippen LogP contribution in [0.3, 0.4) is 0 Å². The van der Waals surface area contributed by atoms with Gasteiger partial charge in [0.15, 0.2) is 5.78 Å². The lowest BCUT2D eigenvalue weighted by atomic mass is 10.1. The van der Waals surface area contributed by atoms with Crippen LogP contribution >= 0.6 is 11.6 Å². The molecule has 142 valence electrons. The zero-order chi connectivity index (χ0) is 19.1. The quantitative estimate of drug-likeness (QED) is 0.626. The maximum Gasteiger partial charge on any atom is 0.182 e. The summed E-state index contributed by atoms with van der Waals surface area (Å²) in [5.41, 5.74) is 1.62. The molecular formula is C22H25ClN2O2. The van der Waals surface area contributed by atoms with Crippen molar-refractivity contribution in [2.75, 3.05) is 24.6 Å². The summed E-state index contributed by atoms with van der Waals surface area (Å²) in [6, 6.07) is 14.9. The van der Waals surface area contributed by atoms with E-state index < -0.39 is 0 Å². The molecule has 5 heteroatoms. The first-order chi connectivity index (χ1) is 13.2. The van der Waals surface area contributed by atoms with Crippen LogP contribution in [0.25, 0.3) is 0 Å². The smallest absolute Gasteiger partial charge is 0.182 e. The van der Waals surface area contributed by atoms with Crippen molar-refractivity contribution >= 4 is 28.9 Å². The Hall–Kier alpha value is -2.33. The second-order valence-corrected chi connectivity index (χ2v) is 6.99. The number of carbonyl (C=O) groups is 1. The molecule has 0 aromatic heterocycles. The molecule has 1 aliphatic heterocycles. The molecule has 0 saturated carbocycles. The summed E-state index contributed by atoms with van der Waals surface area (Å²) in [6.45, 7) is 3.67. The van der Waals surface area contributed by atoms with Gasteiger partial charge in [-0.15, -0.1) is 0 Å².